The van der Waals surface area contributed by atoms with E-state index in [9.17, 15) is 22.8 Å². The maximum atomic E-state index is 13.0. The zero-order valence-corrected chi connectivity index (χ0v) is 13.0. The van der Waals surface area contributed by atoms with Gasteiger partial charge in [0, 0.05) is 22.7 Å². The van der Waals surface area contributed by atoms with E-state index < -0.39 is 23.3 Å². The number of hydrogen-bond donors (Lipinski definition) is 0. The van der Waals surface area contributed by atoms with Crippen molar-refractivity contribution < 1.29 is 22.7 Å². The fourth-order valence-electron chi connectivity index (χ4n) is 2.57. The van der Waals surface area contributed by atoms with Gasteiger partial charge >= 0.3 is 12.1 Å². The average molecular weight is 347 g/mol. The first-order valence-electron chi connectivity index (χ1n) is 7.23. The molecule has 0 aliphatic rings. The molecule has 2 aromatic carbocycles. The van der Waals surface area contributed by atoms with Gasteiger partial charge in [-0.15, -0.1) is 0 Å². The second kappa shape index (κ2) is 6.08. The van der Waals surface area contributed by atoms with Crippen LogP contribution >= 0.6 is 0 Å². The highest BCUT2D eigenvalue weighted by molar-refractivity contribution is 6.04. The number of rotatable bonds is 2. The molecule has 7 heteroatoms. The van der Waals surface area contributed by atoms with E-state index >= 15 is 0 Å². The van der Waals surface area contributed by atoms with Gasteiger partial charge in [-0.3, -0.25) is 9.36 Å². The van der Waals surface area contributed by atoms with Gasteiger partial charge in [-0.2, -0.15) is 13.2 Å². The number of esters is 1. The number of alkyl halides is 3. The summed E-state index contributed by atoms with van der Waals surface area (Å²) in [7, 11) is 1.12. The third kappa shape index (κ3) is 3.00. The van der Waals surface area contributed by atoms with Crippen molar-refractivity contribution in [1.29, 1.82) is 0 Å². The Morgan fingerprint density at radius 3 is 2.32 bits per heavy atom. The molecule has 0 bridgehead atoms. The minimum absolute atomic E-state index is 0.000229. The Labute approximate surface area is 140 Å². The minimum Gasteiger partial charge on any atom is -0.465 e. The monoisotopic (exact) mass is 347 g/mol. The fourth-order valence-corrected chi connectivity index (χ4v) is 2.57. The number of hydrogen-bond acceptors (Lipinski definition) is 3. The van der Waals surface area contributed by atoms with Crippen LogP contribution < -0.4 is 5.56 Å². The van der Waals surface area contributed by atoms with E-state index in [1.807, 2.05) is 0 Å². The number of pyridine rings is 1. The molecular formula is C18H12F3NO3. The molecule has 1 heterocycles. The van der Waals surface area contributed by atoms with Crippen LogP contribution in [0.4, 0.5) is 13.2 Å². The number of nitrogens with zero attached hydrogens (tertiary/aromatic N) is 1. The fraction of sp³-hybridized carbons (Fsp3) is 0.111. The van der Waals surface area contributed by atoms with Crippen molar-refractivity contribution in [3.05, 3.63) is 76.2 Å². The van der Waals surface area contributed by atoms with E-state index in [2.05, 4.69) is 4.74 Å². The quantitative estimate of drug-likeness (QED) is 0.663. The van der Waals surface area contributed by atoms with Crippen LogP contribution in [0.15, 0.2) is 59.5 Å². The third-order valence-corrected chi connectivity index (χ3v) is 3.78. The van der Waals surface area contributed by atoms with Gasteiger partial charge in [-0.1, -0.05) is 18.2 Å². The zero-order valence-electron chi connectivity index (χ0n) is 13.0. The molecule has 0 amide bonds. The second-order valence-corrected chi connectivity index (χ2v) is 5.30. The van der Waals surface area contributed by atoms with Gasteiger partial charge in [0.15, 0.2) is 0 Å². The largest absolute Gasteiger partial charge is 0.465 e. The number of fused-ring (bicyclic) bond motifs is 1. The summed E-state index contributed by atoms with van der Waals surface area (Å²) in [6, 6.07) is 11.2. The number of halogens is 3. The van der Waals surface area contributed by atoms with Gasteiger partial charge < -0.3 is 4.74 Å². The summed E-state index contributed by atoms with van der Waals surface area (Å²) in [6.45, 7) is 0. The van der Waals surface area contributed by atoms with Gasteiger partial charge in [0.25, 0.3) is 5.56 Å². The van der Waals surface area contributed by atoms with Crippen molar-refractivity contribution >= 4 is 16.7 Å². The maximum Gasteiger partial charge on any atom is 0.416 e. The standard InChI is InChI=1S/C18H12F3NO3/c1-25-17(24)15-10-22(12-5-3-2-4-6-12)16(23)13-8-7-11(9-14(13)15)18(19,20)21/h2-10H,1H3. The van der Waals surface area contributed by atoms with E-state index in [0.717, 1.165) is 25.3 Å². The molecule has 4 nitrogen and oxygen atoms in total. The SMILES string of the molecule is COC(=O)c1cn(-c2ccccc2)c(=O)c2ccc(C(F)(F)F)cc12. The van der Waals surface area contributed by atoms with Crippen LogP contribution in [0.5, 0.6) is 0 Å². The number of benzene rings is 2. The van der Waals surface area contributed by atoms with E-state index in [1.165, 1.54) is 10.8 Å². The molecule has 0 unspecified atom stereocenters. The van der Waals surface area contributed by atoms with Crippen molar-refractivity contribution in [3.63, 3.8) is 0 Å². The molecule has 128 valence electrons. The lowest BCUT2D eigenvalue weighted by molar-refractivity contribution is -0.137. The van der Waals surface area contributed by atoms with Crippen molar-refractivity contribution in [2.24, 2.45) is 0 Å². The topological polar surface area (TPSA) is 48.3 Å². The molecule has 0 N–H and O–H groups in total. The number of aromatic nitrogens is 1. The molecule has 0 saturated carbocycles. The van der Waals surface area contributed by atoms with E-state index in [1.54, 1.807) is 30.3 Å². The van der Waals surface area contributed by atoms with Crippen LogP contribution in [0, 0.1) is 0 Å². The lowest BCUT2D eigenvalue weighted by atomic mass is 10.0. The Morgan fingerprint density at radius 1 is 1.04 bits per heavy atom. The van der Waals surface area contributed by atoms with Crippen LogP contribution in [0.25, 0.3) is 16.5 Å². The molecular weight excluding hydrogens is 335 g/mol. The van der Waals surface area contributed by atoms with Crippen molar-refractivity contribution in [1.82, 2.24) is 4.57 Å². The maximum absolute atomic E-state index is 13.0. The molecule has 0 atom stereocenters. The summed E-state index contributed by atoms with van der Waals surface area (Å²) in [6.07, 6.45) is -3.39. The predicted octanol–water partition coefficient (Wildman–Crippen LogP) is 3.80. The molecule has 0 saturated heterocycles. The molecule has 0 aliphatic carbocycles. The number of carbonyl (C=O) groups is 1. The Kier molecular flexibility index (Phi) is 4.08. The lowest BCUT2D eigenvalue weighted by Gasteiger charge is -2.13. The second-order valence-electron chi connectivity index (χ2n) is 5.30. The van der Waals surface area contributed by atoms with E-state index in [0.29, 0.717) is 5.69 Å². The summed E-state index contributed by atoms with van der Waals surface area (Å²) in [5.41, 5.74) is -1.10. The van der Waals surface area contributed by atoms with Crippen LogP contribution in [-0.2, 0) is 10.9 Å². The smallest absolute Gasteiger partial charge is 0.416 e. The van der Waals surface area contributed by atoms with Crippen molar-refractivity contribution in [2.45, 2.75) is 6.18 Å². The zero-order chi connectivity index (χ0) is 18.2. The van der Waals surface area contributed by atoms with E-state index in [4.69, 9.17) is 0 Å². The summed E-state index contributed by atoms with van der Waals surface area (Å²) >= 11 is 0. The molecule has 1 aromatic heterocycles. The van der Waals surface area contributed by atoms with Crippen molar-refractivity contribution in [3.8, 4) is 5.69 Å². The molecule has 3 rings (SSSR count). The van der Waals surface area contributed by atoms with Crippen LogP contribution in [0.3, 0.4) is 0 Å². The van der Waals surface area contributed by atoms with Crippen LogP contribution in [0.2, 0.25) is 0 Å². The van der Waals surface area contributed by atoms with Gasteiger partial charge in [0.2, 0.25) is 0 Å². The van der Waals surface area contributed by atoms with Gasteiger partial charge in [-0.25, -0.2) is 4.79 Å². The first-order valence-corrected chi connectivity index (χ1v) is 7.23. The normalized spacial score (nSPS) is 11.5. The Hall–Kier alpha value is -3.09. The highest BCUT2D eigenvalue weighted by atomic mass is 19.4. The number of ether oxygens (including phenoxy) is 1. The first kappa shape index (κ1) is 16.8. The molecule has 0 aliphatic heterocycles. The third-order valence-electron chi connectivity index (χ3n) is 3.78. The highest BCUT2D eigenvalue weighted by Gasteiger charge is 2.31. The average Bonchev–Trinajstić information content (AvgIpc) is 2.61. The Bertz CT molecular complexity index is 1010. The number of para-hydroxylation sites is 1. The Morgan fingerprint density at radius 2 is 1.72 bits per heavy atom. The minimum atomic E-state index is -4.59. The molecule has 3 aromatic rings. The molecule has 0 spiro atoms. The molecule has 0 radical (unpaired) electrons. The number of methoxy groups -OCH3 is 1. The Balaban J connectivity index is 2.39. The molecule has 0 fully saturated rings. The summed E-state index contributed by atoms with van der Waals surface area (Å²) < 4.78 is 44.8. The first-order chi connectivity index (χ1) is 11.8. The van der Waals surface area contributed by atoms with Crippen molar-refractivity contribution in [2.75, 3.05) is 7.11 Å². The van der Waals surface area contributed by atoms with E-state index in [-0.39, 0.29) is 16.3 Å². The van der Waals surface area contributed by atoms with Gasteiger partial charge in [-0.05, 0) is 30.3 Å². The molecule has 25 heavy (non-hydrogen) atoms. The van der Waals surface area contributed by atoms with Crippen LogP contribution in [0.1, 0.15) is 15.9 Å². The number of carbonyl (C=O) groups excluding carboxylic acids is 1. The lowest BCUT2D eigenvalue weighted by Crippen LogP contribution is -2.21. The summed E-state index contributed by atoms with van der Waals surface area (Å²) in [5.74, 6) is -0.825. The summed E-state index contributed by atoms with van der Waals surface area (Å²) in [4.78, 5) is 24.7. The van der Waals surface area contributed by atoms with Crippen LogP contribution in [-0.4, -0.2) is 17.6 Å². The highest BCUT2D eigenvalue weighted by Crippen LogP contribution is 2.32. The van der Waals surface area contributed by atoms with Gasteiger partial charge in [0.1, 0.15) is 0 Å². The predicted molar refractivity (Wildman–Crippen MR) is 85.9 cm³/mol. The summed E-state index contributed by atoms with van der Waals surface area (Å²) in [5, 5.41) is -0.0985. The van der Waals surface area contributed by atoms with Gasteiger partial charge in [0.05, 0.1) is 18.2 Å².